The number of hydrogen-bond acceptors (Lipinski definition) is 3. The van der Waals surface area contributed by atoms with E-state index in [1.165, 1.54) is 0 Å². The number of carbonyl (C=O) groups excluding carboxylic acids is 1. The molecule has 2 atom stereocenters. The molecule has 2 unspecified atom stereocenters. The van der Waals surface area contributed by atoms with Gasteiger partial charge < -0.3 is 10.6 Å². The summed E-state index contributed by atoms with van der Waals surface area (Å²) in [6.07, 6.45) is 1.47. The second-order valence-electron chi connectivity index (χ2n) is 3.48. The monoisotopic (exact) mass is 181 g/mol. The molecule has 1 aliphatic heterocycles. The number of piperidine rings is 1. The summed E-state index contributed by atoms with van der Waals surface area (Å²) in [4.78, 5) is 10.8. The highest BCUT2D eigenvalue weighted by atomic mass is 16.1. The summed E-state index contributed by atoms with van der Waals surface area (Å²) in [7, 11) is 0. The van der Waals surface area contributed by atoms with Crippen molar-refractivity contribution in [2.45, 2.75) is 25.8 Å². The third kappa shape index (κ3) is 3.43. The molecule has 1 amide bonds. The molecule has 0 aromatic heterocycles. The van der Waals surface area contributed by atoms with Crippen LogP contribution in [0.15, 0.2) is 0 Å². The molecule has 0 spiro atoms. The van der Waals surface area contributed by atoms with Gasteiger partial charge in [0.1, 0.15) is 0 Å². The average Bonchev–Trinajstić information content (AvgIpc) is 2.16. The molecule has 4 nitrogen and oxygen atoms in total. The Balaban J connectivity index is 2.16. The van der Waals surface area contributed by atoms with Crippen LogP contribution >= 0.6 is 0 Å². The summed E-state index contributed by atoms with van der Waals surface area (Å²) in [5.74, 6) is 0.170. The Morgan fingerprint density at radius 3 is 3.15 bits per heavy atom. The molecule has 2 N–H and O–H groups in total. The molecule has 1 heterocycles. The molecular formula is C9H15N3O. The van der Waals surface area contributed by atoms with E-state index in [4.69, 9.17) is 5.26 Å². The second-order valence-corrected chi connectivity index (χ2v) is 3.48. The Kier molecular flexibility index (Phi) is 3.71. The van der Waals surface area contributed by atoms with E-state index >= 15 is 0 Å². The summed E-state index contributed by atoms with van der Waals surface area (Å²) in [5, 5.41) is 14.6. The van der Waals surface area contributed by atoms with Crippen molar-refractivity contribution in [2.24, 2.45) is 5.92 Å². The highest BCUT2D eigenvalue weighted by Gasteiger charge is 2.17. The lowest BCUT2D eigenvalue weighted by Crippen LogP contribution is -2.46. The smallest absolute Gasteiger partial charge is 0.220 e. The van der Waals surface area contributed by atoms with Gasteiger partial charge >= 0.3 is 0 Å². The fraction of sp³-hybridized carbons (Fsp3) is 0.778. The molecular weight excluding hydrogens is 166 g/mol. The zero-order chi connectivity index (χ0) is 9.68. The minimum Gasteiger partial charge on any atom is -0.355 e. The SMILES string of the molecule is CC(C#N)CNC1CCC(=O)NC1. The van der Waals surface area contributed by atoms with Gasteiger partial charge in [-0.25, -0.2) is 0 Å². The summed E-state index contributed by atoms with van der Waals surface area (Å²) in [6, 6.07) is 2.50. The molecule has 1 aliphatic rings. The van der Waals surface area contributed by atoms with Crippen LogP contribution in [0.2, 0.25) is 0 Å². The Morgan fingerprint density at radius 1 is 1.85 bits per heavy atom. The number of amides is 1. The number of nitrogens with zero attached hydrogens (tertiary/aromatic N) is 1. The maximum Gasteiger partial charge on any atom is 0.220 e. The topological polar surface area (TPSA) is 64.9 Å². The van der Waals surface area contributed by atoms with Crippen LogP contribution in [0.4, 0.5) is 0 Å². The first-order chi connectivity index (χ1) is 6.22. The number of hydrogen-bond donors (Lipinski definition) is 2. The van der Waals surface area contributed by atoms with E-state index < -0.39 is 0 Å². The zero-order valence-corrected chi connectivity index (χ0v) is 7.84. The molecule has 0 aliphatic carbocycles. The maximum absolute atomic E-state index is 10.8. The fourth-order valence-corrected chi connectivity index (χ4v) is 1.30. The van der Waals surface area contributed by atoms with Crippen LogP contribution in [0.3, 0.4) is 0 Å². The van der Waals surface area contributed by atoms with E-state index in [-0.39, 0.29) is 11.8 Å². The molecule has 0 saturated carbocycles. The molecule has 0 bridgehead atoms. The molecule has 72 valence electrons. The van der Waals surface area contributed by atoms with Gasteiger partial charge in [0.15, 0.2) is 0 Å². The van der Waals surface area contributed by atoms with Gasteiger partial charge in [-0.2, -0.15) is 5.26 Å². The Labute approximate surface area is 78.3 Å². The third-order valence-electron chi connectivity index (χ3n) is 2.20. The van der Waals surface area contributed by atoms with Gasteiger partial charge in [-0.3, -0.25) is 4.79 Å². The Bertz CT molecular complexity index is 211. The molecule has 1 rings (SSSR count). The van der Waals surface area contributed by atoms with Crippen LogP contribution in [-0.2, 0) is 4.79 Å². The van der Waals surface area contributed by atoms with Crippen LogP contribution in [-0.4, -0.2) is 25.0 Å². The largest absolute Gasteiger partial charge is 0.355 e. The van der Waals surface area contributed by atoms with Crippen molar-refractivity contribution in [3.05, 3.63) is 0 Å². The minimum atomic E-state index is 0.0395. The first-order valence-electron chi connectivity index (χ1n) is 4.62. The lowest BCUT2D eigenvalue weighted by Gasteiger charge is -2.23. The van der Waals surface area contributed by atoms with E-state index in [0.29, 0.717) is 25.6 Å². The first-order valence-corrected chi connectivity index (χ1v) is 4.62. The number of nitrogens with one attached hydrogen (secondary N) is 2. The van der Waals surface area contributed by atoms with E-state index in [1.54, 1.807) is 0 Å². The lowest BCUT2D eigenvalue weighted by molar-refractivity contribution is -0.122. The lowest BCUT2D eigenvalue weighted by atomic mass is 10.1. The van der Waals surface area contributed by atoms with E-state index in [0.717, 1.165) is 6.42 Å². The normalized spacial score (nSPS) is 24.6. The highest BCUT2D eigenvalue weighted by molar-refractivity contribution is 5.76. The van der Waals surface area contributed by atoms with Crippen molar-refractivity contribution in [3.63, 3.8) is 0 Å². The maximum atomic E-state index is 10.8. The van der Waals surface area contributed by atoms with Gasteiger partial charge in [0.05, 0.1) is 12.0 Å². The van der Waals surface area contributed by atoms with Gasteiger partial charge in [-0.1, -0.05) is 0 Å². The quantitative estimate of drug-likeness (QED) is 0.645. The zero-order valence-electron chi connectivity index (χ0n) is 7.84. The van der Waals surface area contributed by atoms with Crippen molar-refractivity contribution in [3.8, 4) is 6.07 Å². The van der Waals surface area contributed by atoms with Crippen molar-refractivity contribution < 1.29 is 4.79 Å². The molecule has 0 aromatic carbocycles. The summed E-state index contributed by atoms with van der Waals surface area (Å²) < 4.78 is 0. The van der Waals surface area contributed by atoms with Gasteiger partial charge in [0.2, 0.25) is 5.91 Å². The van der Waals surface area contributed by atoms with Gasteiger partial charge in [-0.05, 0) is 13.3 Å². The Hall–Kier alpha value is -1.08. The predicted octanol–water partition coefficient (Wildman–Crippen LogP) is 0.0143. The van der Waals surface area contributed by atoms with Crippen LogP contribution in [0, 0.1) is 17.2 Å². The average molecular weight is 181 g/mol. The first kappa shape index (κ1) is 10.0. The van der Waals surface area contributed by atoms with E-state index in [2.05, 4.69) is 16.7 Å². The molecule has 13 heavy (non-hydrogen) atoms. The third-order valence-corrected chi connectivity index (χ3v) is 2.20. The van der Waals surface area contributed by atoms with E-state index in [1.807, 2.05) is 6.92 Å². The highest BCUT2D eigenvalue weighted by Crippen LogP contribution is 2.03. The van der Waals surface area contributed by atoms with Crippen LogP contribution < -0.4 is 10.6 Å². The summed E-state index contributed by atoms with van der Waals surface area (Å²) >= 11 is 0. The van der Waals surface area contributed by atoms with Gasteiger partial charge in [0, 0.05) is 25.6 Å². The Morgan fingerprint density at radius 2 is 2.62 bits per heavy atom. The van der Waals surface area contributed by atoms with Gasteiger partial charge in [0.25, 0.3) is 0 Å². The van der Waals surface area contributed by atoms with E-state index in [9.17, 15) is 4.79 Å². The molecule has 0 radical (unpaired) electrons. The second kappa shape index (κ2) is 4.83. The van der Waals surface area contributed by atoms with Gasteiger partial charge in [-0.15, -0.1) is 0 Å². The molecule has 4 heteroatoms. The van der Waals surface area contributed by atoms with Crippen molar-refractivity contribution in [2.75, 3.05) is 13.1 Å². The molecule has 1 fully saturated rings. The van der Waals surface area contributed by atoms with Crippen LogP contribution in [0.1, 0.15) is 19.8 Å². The van der Waals surface area contributed by atoms with Crippen LogP contribution in [0.5, 0.6) is 0 Å². The van der Waals surface area contributed by atoms with Crippen LogP contribution in [0.25, 0.3) is 0 Å². The molecule has 1 saturated heterocycles. The summed E-state index contributed by atoms with van der Waals surface area (Å²) in [5.41, 5.74) is 0. The number of carbonyl (C=O) groups is 1. The number of rotatable bonds is 3. The van der Waals surface area contributed by atoms with Crippen molar-refractivity contribution in [1.29, 1.82) is 5.26 Å². The number of nitriles is 1. The summed E-state index contributed by atoms with van der Waals surface area (Å²) in [6.45, 7) is 3.28. The standard InChI is InChI=1S/C9H15N3O/c1-7(4-10)5-11-8-2-3-9(13)12-6-8/h7-8,11H,2-3,5-6H2,1H3,(H,12,13). The predicted molar refractivity (Wildman–Crippen MR) is 48.8 cm³/mol. The van der Waals surface area contributed by atoms with Crippen molar-refractivity contribution in [1.82, 2.24) is 10.6 Å². The fourth-order valence-electron chi connectivity index (χ4n) is 1.30. The molecule has 0 aromatic rings. The van der Waals surface area contributed by atoms with Crippen molar-refractivity contribution >= 4 is 5.91 Å². The minimum absolute atomic E-state index is 0.0395.